The lowest BCUT2D eigenvalue weighted by atomic mass is 10.0. The highest BCUT2D eigenvalue weighted by Crippen LogP contribution is 2.40. The molecule has 1 aromatic rings. The van der Waals surface area contributed by atoms with Gasteiger partial charge in [-0.3, -0.25) is 0 Å². The summed E-state index contributed by atoms with van der Waals surface area (Å²) in [6, 6.07) is 3.02. The van der Waals surface area contributed by atoms with E-state index in [2.05, 4.69) is 5.32 Å². The number of fused-ring (bicyclic) bond motifs is 1. The smallest absolute Gasteiger partial charge is 0.316 e. The van der Waals surface area contributed by atoms with Crippen molar-refractivity contribution < 1.29 is 21.6 Å². The lowest BCUT2D eigenvalue weighted by Gasteiger charge is -2.21. The van der Waals surface area contributed by atoms with Gasteiger partial charge in [-0.1, -0.05) is 17.7 Å². The zero-order valence-electron chi connectivity index (χ0n) is 11.8. The maximum absolute atomic E-state index is 13.1. The van der Waals surface area contributed by atoms with E-state index in [9.17, 15) is 21.6 Å². The minimum atomic E-state index is -4.77. The molecule has 1 N–H and O–H groups in total. The number of nitrogens with zero attached hydrogens (tertiary/aromatic N) is 1. The first-order chi connectivity index (χ1) is 10.2. The second-order valence-corrected chi connectivity index (χ2v) is 7.90. The molecule has 0 radical (unpaired) electrons. The molecule has 2 atom stereocenters. The van der Waals surface area contributed by atoms with Crippen LogP contribution in [0.2, 0.25) is 5.02 Å². The van der Waals surface area contributed by atoms with Crippen LogP contribution in [0.25, 0.3) is 0 Å². The summed E-state index contributed by atoms with van der Waals surface area (Å²) < 4.78 is 65.8. The number of nitrogens with one attached hydrogen (secondary N) is 1. The molecule has 1 aromatic carbocycles. The summed E-state index contributed by atoms with van der Waals surface area (Å²) >= 11 is 5.80. The van der Waals surface area contributed by atoms with Crippen LogP contribution in [0.15, 0.2) is 23.1 Å². The molecule has 2 saturated heterocycles. The Balaban J connectivity index is 0.00000192. The van der Waals surface area contributed by atoms with Gasteiger partial charge in [0, 0.05) is 13.1 Å². The molecule has 0 spiro atoms. The topological polar surface area (TPSA) is 49.4 Å². The number of benzene rings is 1. The van der Waals surface area contributed by atoms with E-state index in [0.717, 1.165) is 16.4 Å². The Kier molecular flexibility index (Phi) is 5.23. The first-order valence-corrected chi connectivity index (χ1v) is 8.59. The summed E-state index contributed by atoms with van der Waals surface area (Å²) in [4.78, 5) is -0.836. The number of sulfonamides is 1. The van der Waals surface area contributed by atoms with Crippen molar-refractivity contribution in [2.24, 2.45) is 11.8 Å². The predicted molar refractivity (Wildman–Crippen MR) is 82.3 cm³/mol. The van der Waals surface area contributed by atoms with E-state index < -0.39 is 31.7 Å². The van der Waals surface area contributed by atoms with Gasteiger partial charge in [-0.05, 0) is 37.1 Å². The highest BCUT2D eigenvalue weighted by molar-refractivity contribution is 7.89. The molecule has 0 bridgehead atoms. The summed E-state index contributed by atoms with van der Waals surface area (Å²) in [5, 5.41) is 2.76. The van der Waals surface area contributed by atoms with E-state index in [-0.39, 0.29) is 37.3 Å². The summed E-state index contributed by atoms with van der Waals surface area (Å²) in [5.41, 5.74) is -1.21. The first-order valence-electron chi connectivity index (χ1n) is 6.78. The van der Waals surface area contributed by atoms with E-state index >= 15 is 0 Å². The van der Waals surface area contributed by atoms with E-state index in [1.807, 2.05) is 0 Å². The normalized spacial score (nSPS) is 25.2. The zero-order valence-corrected chi connectivity index (χ0v) is 14.2. The van der Waals surface area contributed by atoms with Gasteiger partial charge in [0.1, 0.15) is 4.90 Å². The Hall–Kier alpha value is -0.540. The predicted octanol–water partition coefficient (Wildman–Crippen LogP) is 2.62. The Morgan fingerprint density at radius 3 is 2.26 bits per heavy atom. The van der Waals surface area contributed by atoms with Gasteiger partial charge < -0.3 is 5.32 Å². The molecule has 2 heterocycles. The lowest BCUT2D eigenvalue weighted by molar-refractivity contribution is -0.139. The second kappa shape index (κ2) is 6.40. The molecule has 2 aliphatic heterocycles. The third-order valence-corrected chi connectivity index (χ3v) is 6.59. The van der Waals surface area contributed by atoms with Gasteiger partial charge >= 0.3 is 6.18 Å². The average Bonchev–Trinajstić information content (AvgIpc) is 2.97. The van der Waals surface area contributed by atoms with Crippen molar-refractivity contribution in [2.45, 2.75) is 11.1 Å². The summed E-state index contributed by atoms with van der Waals surface area (Å²) in [6.45, 7) is 1.82. The molecule has 2 aliphatic rings. The van der Waals surface area contributed by atoms with Crippen molar-refractivity contribution in [1.29, 1.82) is 0 Å². The third kappa shape index (κ3) is 3.32. The average molecular weight is 391 g/mol. The van der Waals surface area contributed by atoms with E-state index in [1.165, 1.54) is 6.07 Å². The van der Waals surface area contributed by atoms with Crippen LogP contribution in [0.4, 0.5) is 13.2 Å². The lowest BCUT2D eigenvalue weighted by Crippen LogP contribution is -2.33. The van der Waals surface area contributed by atoms with Gasteiger partial charge in [0.25, 0.3) is 0 Å². The van der Waals surface area contributed by atoms with Crippen LogP contribution >= 0.6 is 24.0 Å². The van der Waals surface area contributed by atoms with Gasteiger partial charge in [0.2, 0.25) is 10.0 Å². The SMILES string of the molecule is Cl.O=S(=O)(c1c(Cl)cccc1C(F)(F)F)N1C[C@H]2CNC[C@H]2C1. The number of hydrogen-bond donors (Lipinski definition) is 1. The standard InChI is InChI=1S/C13H14ClF3N2O2S.ClH/c14-11-3-1-2-10(13(15,16)17)12(11)22(20,21)19-6-8-4-18-5-9(8)7-19;/h1-3,8-9,18H,4-7H2;1H/t8-,9+;. The Morgan fingerprint density at radius 1 is 1.17 bits per heavy atom. The van der Waals surface area contributed by atoms with Crippen LogP contribution in [0.1, 0.15) is 5.56 Å². The molecule has 4 nitrogen and oxygen atoms in total. The first kappa shape index (κ1) is 18.8. The van der Waals surface area contributed by atoms with Crippen molar-refractivity contribution in [3.8, 4) is 0 Å². The molecule has 3 rings (SSSR count). The molecule has 0 saturated carbocycles. The minimum absolute atomic E-state index is 0. The molecule has 0 aliphatic carbocycles. The van der Waals surface area contributed by atoms with Crippen molar-refractivity contribution >= 4 is 34.0 Å². The molecule has 10 heteroatoms. The quantitative estimate of drug-likeness (QED) is 0.844. The van der Waals surface area contributed by atoms with Gasteiger partial charge in [0.05, 0.1) is 10.6 Å². The highest BCUT2D eigenvalue weighted by atomic mass is 35.5. The molecular formula is C13H15Cl2F3N2O2S. The van der Waals surface area contributed by atoms with E-state index in [0.29, 0.717) is 13.1 Å². The Labute approximate surface area is 143 Å². The Morgan fingerprint density at radius 2 is 1.74 bits per heavy atom. The molecule has 0 unspecified atom stereocenters. The van der Waals surface area contributed by atoms with Crippen LogP contribution in [-0.2, 0) is 16.2 Å². The van der Waals surface area contributed by atoms with Crippen LogP contribution in [0.5, 0.6) is 0 Å². The second-order valence-electron chi connectivity index (χ2n) is 5.61. The fraction of sp³-hybridized carbons (Fsp3) is 0.538. The van der Waals surface area contributed by atoms with Crippen molar-refractivity contribution in [3.05, 3.63) is 28.8 Å². The molecule has 2 fully saturated rings. The molecule has 0 amide bonds. The number of halogens is 5. The number of hydrogen-bond acceptors (Lipinski definition) is 3. The highest BCUT2D eigenvalue weighted by Gasteiger charge is 2.45. The number of rotatable bonds is 2. The van der Waals surface area contributed by atoms with Gasteiger partial charge in [0.15, 0.2) is 0 Å². The number of alkyl halides is 3. The maximum Gasteiger partial charge on any atom is 0.417 e. The van der Waals surface area contributed by atoms with Crippen molar-refractivity contribution in [1.82, 2.24) is 9.62 Å². The molecular weight excluding hydrogens is 376 g/mol. The van der Waals surface area contributed by atoms with Crippen LogP contribution < -0.4 is 5.32 Å². The summed E-state index contributed by atoms with van der Waals surface area (Å²) in [7, 11) is -4.27. The van der Waals surface area contributed by atoms with Gasteiger partial charge in [-0.25, -0.2) is 8.42 Å². The third-order valence-electron chi connectivity index (χ3n) is 4.23. The summed E-state index contributed by atoms with van der Waals surface area (Å²) in [5.74, 6) is 0.290. The monoisotopic (exact) mass is 390 g/mol. The molecule has 23 heavy (non-hydrogen) atoms. The largest absolute Gasteiger partial charge is 0.417 e. The maximum atomic E-state index is 13.1. The fourth-order valence-electron chi connectivity index (χ4n) is 3.13. The zero-order chi connectivity index (χ0) is 16.1. The van der Waals surface area contributed by atoms with Crippen LogP contribution in [-0.4, -0.2) is 38.9 Å². The van der Waals surface area contributed by atoms with Gasteiger partial charge in [-0.2, -0.15) is 17.5 Å². The van der Waals surface area contributed by atoms with Crippen molar-refractivity contribution in [3.63, 3.8) is 0 Å². The summed E-state index contributed by atoms with van der Waals surface area (Å²) in [6.07, 6.45) is -4.77. The minimum Gasteiger partial charge on any atom is -0.316 e. The van der Waals surface area contributed by atoms with E-state index in [4.69, 9.17) is 11.6 Å². The Bertz CT molecular complexity index is 685. The van der Waals surface area contributed by atoms with Crippen molar-refractivity contribution in [2.75, 3.05) is 26.2 Å². The van der Waals surface area contributed by atoms with Crippen LogP contribution in [0, 0.1) is 11.8 Å². The van der Waals surface area contributed by atoms with Crippen LogP contribution in [0.3, 0.4) is 0 Å². The van der Waals surface area contributed by atoms with Gasteiger partial charge in [-0.15, -0.1) is 12.4 Å². The fourth-order valence-corrected chi connectivity index (χ4v) is 5.41. The molecule has 0 aromatic heterocycles. The van der Waals surface area contributed by atoms with E-state index in [1.54, 1.807) is 0 Å². The molecule has 130 valence electrons.